The van der Waals surface area contributed by atoms with E-state index in [2.05, 4.69) is 0 Å². The summed E-state index contributed by atoms with van der Waals surface area (Å²) in [5.41, 5.74) is 4.94. The Morgan fingerprint density at radius 3 is 1.72 bits per heavy atom. The van der Waals surface area contributed by atoms with Crippen LogP contribution in [0.2, 0.25) is 0 Å². The lowest BCUT2D eigenvalue weighted by Gasteiger charge is -2.18. The van der Waals surface area contributed by atoms with Gasteiger partial charge >= 0.3 is 6.18 Å². The van der Waals surface area contributed by atoms with Gasteiger partial charge in [0.2, 0.25) is 0 Å². The van der Waals surface area contributed by atoms with Gasteiger partial charge in [0.05, 0.1) is 19.8 Å². The summed E-state index contributed by atoms with van der Waals surface area (Å²) in [6, 6.07) is 28.9. The van der Waals surface area contributed by atoms with Crippen molar-refractivity contribution >= 4 is 10.8 Å². The molecule has 5 rings (SSSR count). The molecule has 3 nitrogen and oxygen atoms in total. The molecule has 0 fully saturated rings. The zero-order valence-electron chi connectivity index (χ0n) is 21.8. The van der Waals surface area contributed by atoms with Gasteiger partial charge in [0.25, 0.3) is 0 Å². The quantitative estimate of drug-likeness (QED) is 0.211. The average Bonchev–Trinajstić information content (AvgIpc) is 2.95. The van der Waals surface area contributed by atoms with E-state index >= 15 is 0 Å². The fourth-order valence-corrected chi connectivity index (χ4v) is 4.77. The number of hydrogen-bond acceptors (Lipinski definition) is 3. The number of ether oxygens (including phenoxy) is 3. The summed E-state index contributed by atoms with van der Waals surface area (Å²) in [5.74, 6) is 1.94. The molecule has 5 aromatic rings. The van der Waals surface area contributed by atoms with Crippen LogP contribution < -0.4 is 14.2 Å². The molecule has 6 heteroatoms. The first-order chi connectivity index (χ1) is 18.8. The predicted octanol–water partition coefficient (Wildman–Crippen LogP) is 9.10. The fourth-order valence-electron chi connectivity index (χ4n) is 4.77. The molecule has 39 heavy (non-hydrogen) atoms. The number of fused-ring (bicyclic) bond motifs is 1. The van der Waals surface area contributed by atoms with Crippen LogP contribution in [0.15, 0.2) is 97.1 Å². The van der Waals surface area contributed by atoms with Gasteiger partial charge in [0, 0.05) is 5.39 Å². The van der Waals surface area contributed by atoms with Gasteiger partial charge in [0.1, 0.15) is 12.4 Å². The zero-order valence-corrected chi connectivity index (χ0v) is 21.8. The van der Waals surface area contributed by atoms with Crippen LogP contribution in [0.5, 0.6) is 17.2 Å². The highest BCUT2D eigenvalue weighted by atomic mass is 19.4. The molecule has 0 saturated carbocycles. The number of alkyl halides is 3. The molecule has 0 saturated heterocycles. The molecule has 0 amide bonds. The van der Waals surface area contributed by atoms with Gasteiger partial charge < -0.3 is 14.2 Å². The van der Waals surface area contributed by atoms with E-state index in [-0.39, 0.29) is 0 Å². The second-order valence-electron chi connectivity index (χ2n) is 9.25. The third kappa shape index (κ3) is 5.41. The highest BCUT2D eigenvalue weighted by molar-refractivity contribution is 6.03. The lowest BCUT2D eigenvalue weighted by molar-refractivity contribution is -0.137. The molecule has 0 N–H and O–H groups in total. The third-order valence-electron chi connectivity index (χ3n) is 6.76. The first-order valence-corrected chi connectivity index (χ1v) is 12.4. The van der Waals surface area contributed by atoms with Gasteiger partial charge in [-0.3, -0.25) is 0 Å². The van der Waals surface area contributed by atoms with Crippen molar-refractivity contribution in [2.24, 2.45) is 0 Å². The summed E-state index contributed by atoms with van der Waals surface area (Å²) in [7, 11) is 3.20. The number of rotatable bonds is 7. The van der Waals surface area contributed by atoms with Crippen LogP contribution in [-0.4, -0.2) is 14.2 Å². The summed E-state index contributed by atoms with van der Waals surface area (Å²) < 4.78 is 56.4. The standard InChI is InChI=1S/C33H27F3O3/c1-21-17-29(39-20-22-7-5-4-6-8-22)27-18-30(37-2)31(38-3)19-28(27)32(21)25-11-9-23(10-12-25)24-13-15-26(16-14-24)33(34,35)36/h4-19H,20H2,1-3H3. The Labute approximate surface area is 225 Å². The van der Waals surface area contributed by atoms with Crippen molar-refractivity contribution in [1.29, 1.82) is 0 Å². The molecule has 0 aliphatic heterocycles. The first kappa shape index (κ1) is 26.2. The van der Waals surface area contributed by atoms with Crippen LogP contribution in [0.3, 0.4) is 0 Å². The molecule has 198 valence electrons. The van der Waals surface area contributed by atoms with Crippen molar-refractivity contribution in [3.8, 4) is 39.5 Å². The molecule has 0 heterocycles. The van der Waals surface area contributed by atoms with Crippen LogP contribution in [0, 0.1) is 6.92 Å². The van der Waals surface area contributed by atoms with Crippen molar-refractivity contribution in [2.75, 3.05) is 14.2 Å². The van der Waals surface area contributed by atoms with Crippen LogP contribution in [0.25, 0.3) is 33.0 Å². The van der Waals surface area contributed by atoms with Crippen molar-refractivity contribution in [3.05, 3.63) is 114 Å². The molecule has 0 aliphatic carbocycles. The molecular formula is C33H27F3O3. The van der Waals surface area contributed by atoms with Gasteiger partial charge in [-0.2, -0.15) is 13.2 Å². The van der Waals surface area contributed by atoms with Gasteiger partial charge in [-0.25, -0.2) is 0 Å². The van der Waals surface area contributed by atoms with Crippen LogP contribution in [0.1, 0.15) is 16.7 Å². The first-order valence-electron chi connectivity index (χ1n) is 12.4. The summed E-state index contributed by atoms with van der Waals surface area (Å²) >= 11 is 0. The minimum Gasteiger partial charge on any atom is -0.493 e. The van der Waals surface area contributed by atoms with E-state index in [1.165, 1.54) is 12.1 Å². The van der Waals surface area contributed by atoms with E-state index in [9.17, 15) is 13.2 Å². The molecular weight excluding hydrogens is 501 g/mol. The molecule has 0 atom stereocenters. The number of aryl methyl sites for hydroxylation is 1. The average molecular weight is 529 g/mol. The van der Waals surface area contributed by atoms with Crippen molar-refractivity contribution in [1.82, 2.24) is 0 Å². The highest BCUT2D eigenvalue weighted by Gasteiger charge is 2.30. The maximum Gasteiger partial charge on any atom is 0.416 e. The predicted molar refractivity (Wildman–Crippen MR) is 148 cm³/mol. The largest absolute Gasteiger partial charge is 0.493 e. The van der Waals surface area contributed by atoms with Crippen molar-refractivity contribution in [3.63, 3.8) is 0 Å². The SMILES string of the molecule is COc1cc2c(OCc3ccccc3)cc(C)c(-c3ccc(-c4ccc(C(F)(F)F)cc4)cc3)c2cc1OC. The number of halogens is 3. The molecule has 0 radical (unpaired) electrons. The molecule has 0 bridgehead atoms. The summed E-state index contributed by atoms with van der Waals surface area (Å²) in [5, 5.41) is 1.83. The van der Waals surface area contributed by atoms with Gasteiger partial charge in [0.15, 0.2) is 11.5 Å². The minimum atomic E-state index is -4.36. The number of benzene rings is 5. The molecule has 0 spiro atoms. The minimum absolute atomic E-state index is 0.422. The van der Waals surface area contributed by atoms with Crippen LogP contribution in [0.4, 0.5) is 13.2 Å². The van der Waals surface area contributed by atoms with E-state index in [1.807, 2.05) is 79.7 Å². The molecule has 0 aliphatic rings. The van der Waals surface area contributed by atoms with E-state index < -0.39 is 11.7 Å². The van der Waals surface area contributed by atoms with E-state index in [0.717, 1.165) is 56.5 Å². The maximum atomic E-state index is 13.0. The van der Waals surface area contributed by atoms with E-state index in [4.69, 9.17) is 14.2 Å². The van der Waals surface area contributed by atoms with Crippen molar-refractivity contribution < 1.29 is 27.4 Å². The van der Waals surface area contributed by atoms with Crippen molar-refractivity contribution in [2.45, 2.75) is 19.7 Å². The second kappa shape index (κ2) is 10.7. The smallest absolute Gasteiger partial charge is 0.416 e. The Bertz CT molecular complexity index is 1590. The monoisotopic (exact) mass is 528 g/mol. The van der Waals surface area contributed by atoms with Gasteiger partial charge in [-0.05, 0) is 76.0 Å². The number of hydrogen-bond donors (Lipinski definition) is 0. The molecule has 0 unspecified atom stereocenters. The molecule has 5 aromatic carbocycles. The lowest BCUT2D eigenvalue weighted by Crippen LogP contribution is -2.03. The fraction of sp³-hybridized carbons (Fsp3) is 0.152. The summed E-state index contributed by atoms with van der Waals surface area (Å²) in [6.45, 7) is 2.45. The van der Waals surface area contributed by atoms with Gasteiger partial charge in [-0.15, -0.1) is 0 Å². The Hall–Kier alpha value is -4.45. The lowest BCUT2D eigenvalue weighted by atomic mass is 9.91. The summed E-state index contributed by atoms with van der Waals surface area (Å²) in [4.78, 5) is 0. The Morgan fingerprint density at radius 2 is 1.15 bits per heavy atom. The third-order valence-corrected chi connectivity index (χ3v) is 6.76. The number of methoxy groups -OCH3 is 2. The highest BCUT2D eigenvalue weighted by Crippen LogP contribution is 2.43. The Kier molecular flexibility index (Phi) is 7.20. The van der Waals surface area contributed by atoms with Crippen LogP contribution >= 0.6 is 0 Å². The van der Waals surface area contributed by atoms with Crippen LogP contribution in [-0.2, 0) is 12.8 Å². The Balaban J connectivity index is 1.56. The second-order valence-corrected chi connectivity index (χ2v) is 9.25. The topological polar surface area (TPSA) is 27.7 Å². The Morgan fingerprint density at radius 1 is 0.615 bits per heavy atom. The van der Waals surface area contributed by atoms with E-state index in [1.54, 1.807) is 14.2 Å². The zero-order chi connectivity index (χ0) is 27.6. The normalized spacial score (nSPS) is 11.4. The summed E-state index contributed by atoms with van der Waals surface area (Å²) in [6.07, 6.45) is -4.36. The van der Waals surface area contributed by atoms with Gasteiger partial charge in [-0.1, -0.05) is 66.7 Å². The maximum absolute atomic E-state index is 13.0. The molecule has 0 aromatic heterocycles. The van der Waals surface area contributed by atoms with E-state index in [0.29, 0.717) is 23.7 Å².